The fourth-order valence-electron chi connectivity index (χ4n) is 3.34. The first kappa shape index (κ1) is 20.3. The molecule has 1 unspecified atom stereocenters. The molecule has 0 radical (unpaired) electrons. The van der Waals surface area contributed by atoms with Crippen LogP contribution >= 0.6 is 0 Å². The number of rotatable bonds is 7. The molecule has 1 aromatic carbocycles. The van der Waals surface area contributed by atoms with Crippen molar-refractivity contribution in [1.29, 1.82) is 0 Å². The Balaban J connectivity index is 1.63. The normalized spacial score (nSPS) is 11.8. The van der Waals surface area contributed by atoms with Gasteiger partial charge in [-0.25, -0.2) is 15.0 Å². The van der Waals surface area contributed by atoms with Gasteiger partial charge >= 0.3 is 0 Å². The first-order valence-corrected chi connectivity index (χ1v) is 10.0. The van der Waals surface area contributed by atoms with Crippen molar-refractivity contribution >= 4 is 5.82 Å². The monoisotopic (exact) mass is 416 g/mol. The maximum Gasteiger partial charge on any atom is 0.251 e. The summed E-state index contributed by atoms with van der Waals surface area (Å²) in [6, 6.07) is 12.9. The number of nitrogens with one attached hydrogen (secondary N) is 2. The Labute approximate surface area is 180 Å². The van der Waals surface area contributed by atoms with Gasteiger partial charge in [0.15, 0.2) is 0 Å². The molecule has 3 heterocycles. The summed E-state index contributed by atoms with van der Waals surface area (Å²) >= 11 is 0. The number of imidazole rings is 1. The molecule has 8 nitrogen and oxygen atoms in total. The molecule has 8 heteroatoms. The average molecular weight is 416 g/mol. The standard InChI is InChI=1S/C23H24N6O2/c1-4-17-13-20(30)28-22(26-17)16-7-10-19(25-14-16)27-21(23-24-11-12-29(23)2)15-5-8-18(31-3)9-6-15/h5-14,21H,4H2,1-3H3,(H,25,27)(H,26,28,30). The maximum absolute atomic E-state index is 11.9. The Hall–Kier alpha value is -3.94. The number of nitrogens with zero attached hydrogens (tertiary/aromatic N) is 4. The van der Waals surface area contributed by atoms with Crippen LogP contribution < -0.4 is 15.6 Å². The minimum Gasteiger partial charge on any atom is -0.497 e. The van der Waals surface area contributed by atoms with Crippen LogP contribution in [0.25, 0.3) is 11.4 Å². The van der Waals surface area contributed by atoms with Gasteiger partial charge in [0.1, 0.15) is 29.3 Å². The lowest BCUT2D eigenvalue weighted by Crippen LogP contribution is -2.17. The highest BCUT2D eigenvalue weighted by atomic mass is 16.5. The zero-order valence-corrected chi connectivity index (χ0v) is 17.7. The average Bonchev–Trinajstić information content (AvgIpc) is 3.23. The van der Waals surface area contributed by atoms with Gasteiger partial charge in [-0.2, -0.15) is 0 Å². The van der Waals surface area contributed by atoms with E-state index in [1.54, 1.807) is 19.5 Å². The third kappa shape index (κ3) is 4.48. The highest BCUT2D eigenvalue weighted by Gasteiger charge is 2.19. The number of aromatic nitrogens is 5. The Kier molecular flexibility index (Phi) is 5.79. The second kappa shape index (κ2) is 8.83. The van der Waals surface area contributed by atoms with E-state index in [4.69, 9.17) is 4.74 Å². The quantitative estimate of drug-likeness (QED) is 0.480. The molecule has 0 aliphatic carbocycles. The van der Waals surface area contributed by atoms with Gasteiger partial charge in [0.05, 0.1) is 7.11 Å². The van der Waals surface area contributed by atoms with Crippen LogP contribution in [0.3, 0.4) is 0 Å². The summed E-state index contributed by atoms with van der Waals surface area (Å²) in [5.74, 6) is 2.85. The van der Waals surface area contributed by atoms with Gasteiger partial charge in [-0.1, -0.05) is 19.1 Å². The van der Waals surface area contributed by atoms with E-state index < -0.39 is 0 Å². The predicted molar refractivity (Wildman–Crippen MR) is 119 cm³/mol. The number of methoxy groups -OCH3 is 1. The molecule has 2 N–H and O–H groups in total. The van der Waals surface area contributed by atoms with Gasteiger partial charge in [-0.05, 0) is 36.2 Å². The van der Waals surface area contributed by atoms with Gasteiger partial charge < -0.3 is 19.6 Å². The summed E-state index contributed by atoms with van der Waals surface area (Å²) in [6.45, 7) is 1.97. The largest absolute Gasteiger partial charge is 0.497 e. The van der Waals surface area contributed by atoms with E-state index in [-0.39, 0.29) is 11.6 Å². The maximum atomic E-state index is 11.9. The molecule has 0 saturated carbocycles. The van der Waals surface area contributed by atoms with E-state index in [0.29, 0.717) is 18.1 Å². The van der Waals surface area contributed by atoms with Crippen LogP contribution in [0.1, 0.15) is 30.0 Å². The molecule has 4 rings (SSSR count). The minimum atomic E-state index is -0.203. The number of ether oxygens (including phenoxy) is 1. The van der Waals surface area contributed by atoms with Crippen LogP contribution in [0.4, 0.5) is 5.82 Å². The summed E-state index contributed by atoms with van der Waals surface area (Å²) < 4.78 is 7.25. The molecular weight excluding hydrogens is 392 g/mol. The number of benzene rings is 1. The van der Waals surface area contributed by atoms with Gasteiger partial charge in [0.25, 0.3) is 5.56 Å². The second-order valence-corrected chi connectivity index (χ2v) is 7.12. The summed E-state index contributed by atoms with van der Waals surface area (Å²) in [7, 11) is 3.60. The molecular formula is C23H24N6O2. The number of hydrogen-bond donors (Lipinski definition) is 2. The first-order chi connectivity index (χ1) is 15.1. The lowest BCUT2D eigenvalue weighted by molar-refractivity contribution is 0.414. The fraction of sp³-hybridized carbons (Fsp3) is 0.217. The highest BCUT2D eigenvalue weighted by molar-refractivity contribution is 5.56. The summed E-state index contributed by atoms with van der Waals surface area (Å²) in [4.78, 5) is 28.2. The predicted octanol–water partition coefficient (Wildman–Crippen LogP) is 3.34. The van der Waals surface area contributed by atoms with Gasteiger partial charge in [-0.15, -0.1) is 0 Å². The SMILES string of the molecule is CCc1cc(=O)[nH]c(-c2ccc(NC(c3ccc(OC)cc3)c3nccn3C)nc2)n1. The molecule has 1 atom stereocenters. The molecule has 0 saturated heterocycles. The minimum absolute atomic E-state index is 0.168. The molecule has 0 aliphatic rings. The summed E-state index contributed by atoms with van der Waals surface area (Å²) in [5.41, 5.74) is 2.35. The molecule has 158 valence electrons. The van der Waals surface area contributed by atoms with Crippen molar-refractivity contribution in [3.63, 3.8) is 0 Å². The molecule has 0 bridgehead atoms. The number of pyridine rings is 1. The van der Waals surface area contributed by atoms with Crippen LogP contribution in [-0.2, 0) is 13.5 Å². The van der Waals surface area contributed by atoms with Crippen molar-refractivity contribution in [3.8, 4) is 17.1 Å². The number of hydrogen-bond acceptors (Lipinski definition) is 6. The van der Waals surface area contributed by atoms with Gasteiger partial charge in [0, 0.05) is 43.0 Å². The third-order valence-electron chi connectivity index (χ3n) is 5.05. The van der Waals surface area contributed by atoms with Crippen molar-refractivity contribution in [3.05, 3.63) is 88.5 Å². The Morgan fingerprint density at radius 1 is 1.16 bits per heavy atom. The number of aromatic amines is 1. The van der Waals surface area contributed by atoms with Crippen molar-refractivity contribution in [1.82, 2.24) is 24.5 Å². The van der Waals surface area contributed by atoms with Crippen LogP contribution in [0.2, 0.25) is 0 Å². The van der Waals surface area contributed by atoms with Crippen molar-refractivity contribution in [2.45, 2.75) is 19.4 Å². The lowest BCUT2D eigenvalue weighted by Gasteiger charge is -2.20. The van der Waals surface area contributed by atoms with Crippen LogP contribution in [0.15, 0.2) is 65.8 Å². The van der Waals surface area contributed by atoms with Crippen molar-refractivity contribution in [2.24, 2.45) is 7.05 Å². The third-order valence-corrected chi connectivity index (χ3v) is 5.05. The number of aryl methyl sites for hydroxylation is 2. The van der Waals surface area contributed by atoms with E-state index >= 15 is 0 Å². The molecule has 0 amide bonds. The van der Waals surface area contributed by atoms with E-state index in [1.165, 1.54) is 6.07 Å². The Morgan fingerprint density at radius 3 is 2.58 bits per heavy atom. The van der Waals surface area contributed by atoms with E-state index in [0.717, 1.165) is 28.4 Å². The number of H-pyrrole nitrogens is 1. The second-order valence-electron chi connectivity index (χ2n) is 7.12. The zero-order valence-electron chi connectivity index (χ0n) is 17.7. The molecule has 3 aromatic heterocycles. The van der Waals surface area contributed by atoms with Crippen LogP contribution in [-0.4, -0.2) is 31.6 Å². The molecule has 31 heavy (non-hydrogen) atoms. The van der Waals surface area contributed by atoms with Gasteiger partial charge in [0.2, 0.25) is 0 Å². The van der Waals surface area contributed by atoms with Crippen LogP contribution in [0.5, 0.6) is 5.75 Å². The summed E-state index contributed by atoms with van der Waals surface area (Å²) in [5, 5.41) is 3.46. The topological polar surface area (TPSA) is 97.7 Å². The van der Waals surface area contributed by atoms with Gasteiger partial charge in [-0.3, -0.25) is 4.79 Å². The Bertz CT molecular complexity index is 1210. The Morgan fingerprint density at radius 2 is 1.97 bits per heavy atom. The molecule has 0 aliphatic heterocycles. The molecule has 0 fully saturated rings. The summed E-state index contributed by atoms with van der Waals surface area (Å²) in [6.07, 6.45) is 6.07. The fourth-order valence-corrected chi connectivity index (χ4v) is 3.34. The van der Waals surface area contributed by atoms with E-state index in [1.807, 2.05) is 61.1 Å². The highest BCUT2D eigenvalue weighted by Crippen LogP contribution is 2.27. The zero-order chi connectivity index (χ0) is 21.8. The van der Waals surface area contributed by atoms with Crippen molar-refractivity contribution in [2.75, 3.05) is 12.4 Å². The first-order valence-electron chi connectivity index (χ1n) is 10.0. The van der Waals surface area contributed by atoms with E-state index in [9.17, 15) is 4.79 Å². The molecule has 4 aromatic rings. The van der Waals surface area contributed by atoms with Crippen LogP contribution in [0, 0.1) is 0 Å². The number of anilines is 1. The van der Waals surface area contributed by atoms with Crippen molar-refractivity contribution < 1.29 is 4.74 Å². The van der Waals surface area contributed by atoms with E-state index in [2.05, 4.69) is 25.3 Å². The smallest absolute Gasteiger partial charge is 0.251 e. The molecule has 0 spiro atoms. The lowest BCUT2D eigenvalue weighted by atomic mass is 10.1.